The maximum Gasteiger partial charge on any atom is 0.272 e. The number of para-hydroxylation sites is 1. The van der Waals surface area contributed by atoms with Crippen molar-refractivity contribution in [3.8, 4) is 28.5 Å². The molecule has 1 aliphatic rings. The van der Waals surface area contributed by atoms with Crippen molar-refractivity contribution in [1.29, 1.82) is 0 Å². The highest BCUT2D eigenvalue weighted by atomic mass is 19.1. The second-order valence-corrected chi connectivity index (χ2v) is 10.3. The van der Waals surface area contributed by atoms with Crippen molar-refractivity contribution in [1.82, 2.24) is 25.4 Å². The van der Waals surface area contributed by atoms with Crippen LogP contribution in [0.15, 0.2) is 60.8 Å². The molecule has 10 nitrogen and oxygen atoms in total. The minimum absolute atomic E-state index is 0.0402. The third kappa shape index (κ3) is 6.30. The number of halogens is 1. The second-order valence-electron chi connectivity index (χ2n) is 10.3. The van der Waals surface area contributed by atoms with Gasteiger partial charge in [-0.1, -0.05) is 24.3 Å². The summed E-state index contributed by atoms with van der Waals surface area (Å²) in [5.41, 5.74) is 2.34. The highest BCUT2D eigenvalue weighted by molar-refractivity contribution is 5.96. The van der Waals surface area contributed by atoms with E-state index in [0.717, 1.165) is 18.0 Å². The van der Waals surface area contributed by atoms with E-state index in [1.807, 2.05) is 6.92 Å². The number of aromatic hydroxyl groups is 1. The SMILES string of the molecule is Cc1cc(C(=O)NC2CCC(NC(=O)c3cc(F)cnc3Oc3cccc(-c4cccc(C=O)c4O)c3)CC2)nn1C. The zero-order chi connectivity index (χ0) is 29.8. The number of carbonyl (C=O) groups excluding carboxylic acids is 3. The summed E-state index contributed by atoms with van der Waals surface area (Å²) in [6.45, 7) is 1.88. The Bertz CT molecular complexity index is 1630. The van der Waals surface area contributed by atoms with E-state index in [0.29, 0.717) is 54.5 Å². The van der Waals surface area contributed by atoms with E-state index >= 15 is 0 Å². The number of nitrogens with one attached hydrogen (secondary N) is 2. The van der Waals surface area contributed by atoms with Gasteiger partial charge < -0.3 is 20.5 Å². The van der Waals surface area contributed by atoms with Crippen LogP contribution in [0, 0.1) is 12.7 Å². The fourth-order valence-electron chi connectivity index (χ4n) is 4.98. The maximum atomic E-state index is 14.2. The molecule has 4 aromatic rings. The molecule has 11 heteroatoms. The van der Waals surface area contributed by atoms with Gasteiger partial charge in [-0.05, 0) is 68.5 Å². The summed E-state index contributed by atoms with van der Waals surface area (Å²) in [6.07, 6.45) is 4.12. The number of pyridine rings is 1. The molecule has 0 atom stereocenters. The quantitative estimate of drug-likeness (QED) is 0.261. The number of aldehydes is 1. The van der Waals surface area contributed by atoms with Crippen molar-refractivity contribution in [2.75, 3.05) is 0 Å². The summed E-state index contributed by atoms with van der Waals surface area (Å²) in [7, 11) is 1.78. The van der Waals surface area contributed by atoms with Crippen LogP contribution in [0.5, 0.6) is 17.4 Å². The molecular formula is C31H30FN5O5. The van der Waals surface area contributed by atoms with Crippen molar-refractivity contribution >= 4 is 18.1 Å². The summed E-state index contributed by atoms with van der Waals surface area (Å²) in [4.78, 5) is 41.0. The minimum atomic E-state index is -0.687. The molecule has 0 aliphatic heterocycles. The van der Waals surface area contributed by atoms with Crippen molar-refractivity contribution < 1.29 is 28.6 Å². The molecule has 2 aromatic carbocycles. The van der Waals surface area contributed by atoms with Gasteiger partial charge in [0.05, 0.1) is 11.8 Å². The molecule has 1 aliphatic carbocycles. The zero-order valence-electron chi connectivity index (χ0n) is 23.1. The van der Waals surface area contributed by atoms with E-state index < -0.39 is 11.7 Å². The van der Waals surface area contributed by atoms with Crippen LogP contribution in [0.25, 0.3) is 11.1 Å². The van der Waals surface area contributed by atoms with E-state index in [4.69, 9.17) is 4.74 Å². The lowest BCUT2D eigenvalue weighted by Gasteiger charge is -2.29. The number of carbonyl (C=O) groups is 3. The zero-order valence-corrected chi connectivity index (χ0v) is 23.1. The van der Waals surface area contributed by atoms with Crippen LogP contribution < -0.4 is 15.4 Å². The molecule has 2 heterocycles. The number of amides is 2. The van der Waals surface area contributed by atoms with E-state index in [1.54, 1.807) is 54.2 Å². The molecule has 0 unspecified atom stereocenters. The van der Waals surface area contributed by atoms with Gasteiger partial charge in [-0.15, -0.1) is 0 Å². The fraction of sp³-hybridized carbons (Fsp3) is 0.258. The number of aryl methyl sites for hydroxylation is 2. The van der Waals surface area contributed by atoms with Gasteiger partial charge in [0, 0.05) is 30.4 Å². The topological polar surface area (TPSA) is 135 Å². The molecule has 1 saturated carbocycles. The highest BCUT2D eigenvalue weighted by Crippen LogP contribution is 2.34. The Balaban J connectivity index is 1.24. The van der Waals surface area contributed by atoms with Gasteiger partial charge in [0.15, 0.2) is 6.29 Å². The van der Waals surface area contributed by atoms with Gasteiger partial charge in [-0.2, -0.15) is 5.10 Å². The van der Waals surface area contributed by atoms with Crippen molar-refractivity contribution in [2.24, 2.45) is 7.05 Å². The summed E-state index contributed by atoms with van der Waals surface area (Å²) in [5, 5.41) is 20.6. The average Bonchev–Trinajstić information content (AvgIpc) is 3.33. The third-order valence-corrected chi connectivity index (χ3v) is 7.36. The van der Waals surface area contributed by atoms with Crippen LogP contribution in [-0.2, 0) is 7.05 Å². The predicted octanol–water partition coefficient (Wildman–Crippen LogP) is 4.71. The molecule has 0 bridgehead atoms. The molecule has 0 radical (unpaired) electrons. The molecule has 0 saturated heterocycles. The first-order valence-corrected chi connectivity index (χ1v) is 13.5. The number of rotatable bonds is 8. The van der Waals surface area contributed by atoms with Crippen LogP contribution in [0.1, 0.15) is 62.6 Å². The number of aromatic nitrogens is 3. The maximum absolute atomic E-state index is 14.2. The second kappa shape index (κ2) is 12.2. The van der Waals surface area contributed by atoms with E-state index in [9.17, 15) is 23.9 Å². The first-order valence-electron chi connectivity index (χ1n) is 13.5. The monoisotopic (exact) mass is 571 g/mol. The molecule has 216 valence electrons. The van der Waals surface area contributed by atoms with Gasteiger partial charge >= 0.3 is 0 Å². The molecule has 5 rings (SSSR count). The lowest BCUT2D eigenvalue weighted by molar-refractivity contribution is 0.0887. The van der Waals surface area contributed by atoms with Crippen molar-refractivity contribution in [3.63, 3.8) is 0 Å². The number of benzene rings is 2. The van der Waals surface area contributed by atoms with Crippen molar-refractivity contribution in [3.05, 3.63) is 89.1 Å². The lowest BCUT2D eigenvalue weighted by Crippen LogP contribution is -2.44. The minimum Gasteiger partial charge on any atom is -0.507 e. The largest absolute Gasteiger partial charge is 0.507 e. The highest BCUT2D eigenvalue weighted by Gasteiger charge is 2.26. The molecule has 1 fully saturated rings. The Labute approximate surface area is 241 Å². The molecule has 0 spiro atoms. The first-order chi connectivity index (χ1) is 20.2. The predicted molar refractivity (Wildman–Crippen MR) is 152 cm³/mol. The molecule has 2 aromatic heterocycles. The van der Waals surface area contributed by atoms with Gasteiger partial charge in [0.1, 0.15) is 28.6 Å². The molecular weight excluding hydrogens is 541 g/mol. The van der Waals surface area contributed by atoms with Gasteiger partial charge in [0.25, 0.3) is 11.8 Å². The van der Waals surface area contributed by atoms with Crippen LogP contribution in [0.2, 0.25) is 0 Å². The van der Waals surface area contributed by atoms with E-state index in [-0.39, 0.29) is 40.7 Å². The van der Waals surface area contributed by atoms with Crippen LogP contribution >= 0.6 is 0 Å². The summed E-state index contributed by atoms with van der Waals surface area (Å²) in [5.74, 6) is -1.38. The van der Waals surface area contributed by atoms with Crippen LogP contribution in [0.4, 0.5) is 4.39 Å². The number of phenolic OH excluding ortho intramolecular Hbond substituents is 1. The number of hydrogen-bond acceptors (Lipinski definition) is 7. The number of ether oxygens (including phenoxy) is 1. The third-order valence-electron chi connectivity index (χ3n) is 7.36. The summed E-state index contributed by atoms with van der Waals surface area (Å²) < 4.78 is 21.7. The number of nitrogens with zero attached hydrogens (tertiary/aromatic N) is 3. The Morgan fingerprint density at radius 3 is 2.38 bits per heavy atom. The Morgan fingerprint density at radius 1 is 1.02 bits per heavy atom. The Morgan fingerprint density at radius 2 is 1.71 bits per heavy atom. The first kappa shape index (κ1) is 28.5. The lowest BCUT2D eigenvalue weighted by atomic mass is 9.91. The molecule has 42 heavy (non-hydrogen) atoms. The van der Waals surface area contributed by atoms with Crippen LogP contribution in [-0.4, -0.2) is 50.1 Å². The van der Waals surface area contributed by atoms with E-state index in [1.165, 1.54) is 6.07 Å². The molecule has 2 amide bonds. The number of phenols is 1. The smallest absolute Gasteiger partial charge is 0.272 e. The van der Waals surface area contributed by atoms with Gasteiger partial charge in [-0.3, -0.25) is 19.1 Å². The van der Waals surface area contributed by atoms with E-state index in [2.05, 4.69) is 20.7 Å². The fourth-order valence-corrected chi connectivity index (χ4v) is 4.98. The summed E-state index contributed by atoms with van der Waals surface area (Å²) >= 11 is 0. The normalized spacial score (nSPS) is 16.5. The summed E-state index contributed by atoms with van der Waals surface area (Å²) in [6, 6.07) is 14.1. The average molecular weight is 572 g/mol. The molecule has 3 N–H and O–H groups in total. The van der Waals surface area contributed by atoms with Gasteiger partial charge in [0.2, 0.25) is 5.88 Å². The number of hydrogen-bond donors (Lipinski definition) is 3. The standard InChI is InChI=1S/C31H30FN5O5/c1-18-13-27(36-37(18)2)30(41)35-23-11-9-22(10-12-23)34-29(40)26-15-21(32)16-33-31(26)42-24-7-3-5-19(14-24)25-8-4-6-20(17-38)28(25)39/h3-8,13-17,22-23,39H,9-12H2,1-2H3,(H,34,40)(H,35,41). The Kier molecular flexibility index (Phi) is 8.28. The Hall–Kier alpha value is -5.06. The van der Waals surface area contributed by atoms with Crippen LogP contribution in [0.3, 0.4) is 0 Å². The van der Waals surface area contributed by atoms with Gasteiger partial charge in [-0.25, -0.2) is 9.37 Å². The van der Waals surface area contributed by atoms with Crippen molar-refractivity contribution in [2.45, 2.75) is 44.7 Å².